The molecule has 1 atom stereocenters. The van der Waals surface area contributed by atoms with Crippen LogP contribution in [0, 0.1) is 6.92 Å². The minimum atomic E-state index is -0.240. The van der Waals surface area contributed by atoms with E-state index in [1.165, 1.54) is 0 Å². The Bertz CT molecular complexity index is 817. The molecule has 0 aliphatic carbocycles. The zero-order valence-electron chi connectivity index (χ0n) is 16.0. The van der Waals surface area contributed by atoms with Gasteiger partial charge < -0.3 is 14.8 Å². The van der Waals surface area contributed by atoms with Crippen LogP contribution in [0.15, 0.2) is 46.9 Å². The number of nitrogens with one attached hydrogen (secondary N) is 1. The smallest absolute Gasteiger partial charge is 0.258 e. The molecular formula is C22H26BrNO3. The van der Waals surface area contributed by atoms with E-state index in [4.69, 9.17) is 9.47 Å². The third kappa shape index (κ3) is 4.46. The van der Waals surface area contributed by atoms with Crippen molar-refractivity contribution in [1.29, 1.82) is 0 Å². The van der Waals surface area contributed by atoms with Crippen LogP contribution in [0.1, 0.15) is 50.3 Å². The number of aryl methyl sites for hydroxylation is 1. The van der Waals surface area contributed by atoms with Crippen LogP contribution < -0.4 is 14.8 Å². The first-order valence-electron chi connectivity index (χ1n) is 9.42. The maximum absolute atomic E-state index is 12.5. The molecular weight excluding hydrogens is 406 g/mol. The summed E-state index contributed by atoms with van der Waals surface area (Å²) in [5.74, 6) is 1.43. The zero-order valence-corrected chi connectivity index (χ0v) is 17.6. The van der Waals surface area contributed by atoms with Gasteiger partial charge in [-0.05, 0) is 49.6 Å². The van der Waals surface area contributed by atoms with Crippen molar-refractivity contribution in [1.82, 2.24) is 5.32 Å². The third-order valence-electron chi connectivity index (χ3n) is 5.32. The number of hydrogen-bond donors (Lipinski definition) is 1. The number of amides is 1. The second-order valence-corrected chi connectivity index (χ2v) is 7.91. The number of carbonyl (C=O) groups is 1. The van der Waals surface area contributed by atoms with Crippen molar-refractivity contribution in [2.75, 3.05) is 6.61 Å². The Balaban J connectivity index is 1.69. The fourth-order valence-electron chi connectivity index (χ4n) is 3.52. The standard InChI is InChI=1S/C22H26BrNO3/c1-4-22(5-2)13-19(17-8-6-7-9-20(17)27-22)24-21(25)14-26-16-10-11-18(23)15(3)12-16/h6-12,19H,4-5,13-14H2,1-3H3,(H,24,25). The lowest BCUT2D eigenvalue weighted by molar-refractivity contribution is -0.124. The second-order valence-electron chi connectivity index (χ2n) is 7.05. The van der Waals surface area contributed by atoms with Crippen molar-refractivity contribution >= 4 is 21.8 Å². The Morgan fingerprint density at radius 3 is 2.70 bits per heavy atom. The molecule has 1 unspecified atom stereocenters. The highest BCUT2D eigenvalue weighted by Crippen LogP contribution is 2.42. The molecule has 2 aromatic carbocycles. The quantitative estimate of drug-likeness (QED) is 0.671. The number of ether oxygens (including phenoxy) is 2. The first-order valence-corrected chi connectivity index (χ1v) is 10.2. The van der Waals surface area contributed by atoms with Crippen molar-refractivity contribution in [3.8, 4) is 11.5 Å². The molecule has 1 N–H and O–H groups in total. The largest absolute Gasteiger partial charge is 0.487 e. The van der Waals surface area contributed by atoms with Gasteiger partial charge in [0.2, 0.25) is 0 Å². The highest BCUT2D eigenvalue weighted by Gasteiger charge is 2.38. The molecule has 3 rings (SSSR count). The normalized spacial score (nSPS) is 17.6. The van der Waals surface area contributed by atoms with Crippen LogP contribution in [-0.4, -0.2) is 18.1 Å². The van der Waals surface area contributed by atoms with Crippen LogP contribution in [0.2, 0.25) is 0 Å². The van der Waals surface area contributed by atoms with Gasteiger partial charge in [0, 0.05) is 16.5 Å². The highest BCUT2D eigenvalue weighted by atomic mass is 79.9. The average Bonchev–Trinajstić information content (AvgIpc) is 2.68. The van der Waals surface area contributed by atoms with Crippen LogP contribution in [0.5, 0.6) is 11.5 Å². The molecule has 0 saturated heterocycles. The van der Waals surface area contributed by atoms with Gasteiger partial charge in [-0.25, -0.2) is 0 Å². The lowest BCUT2D eigenvalue weighted by Gasteiger charge is -2.41. The van der Waals surface area contributed by atoms with Gasteiger partial charge in [0.1, 0.15) is 17.1 Å². The summed E-state index contributed by atoms with van der Waals surface area (Å²) in [7, 11) is 0. The first-order chi connectivity index (χ1) is 13.0. The summed E-state index contributed by atoms with van der Waals surface area (Å²) >= 11 is 3.47. The van der Waals surface area contributed by atoms with Gasteiger partial charge >= 0.3 is 0 Å². The third-order valence-corrected chi connectivity index (χ3v) is 6.21. The Kier molecular flexibility index (Phi) is 6.10. The number of benzene rings is 2. The minimum absolute atomic E-state index is 0.00809. The Morgan fingerprint density at radius 2 is 2.00 bits per heavy atom. The van der Waals surface area contributed by atoms with Crippen molar-refractivity contribution in [2.24, 2.45) is 0 Å². The second kappa shape index (κ2) is 8.34. The van der Waals surface area contributed by atoms with E-state index >= 15 is 0 Å². The molecule has 0 radical (unpaired) electrons. The van der Waals surface area contributed by atoms with E-state index in [0.717, 1.165) is 40.6 Å². The van der Waals surface area contributed by atoms with Gasteiger partial charge in [0.25, 0.3) is 5.91 Å². The van der Waals surface area contributed by atoms with E-state index in [1.807, 2.05) is 49.4 Å². The summed E-state index contributed by atoms with van der Waals surface area (Å²) in [5, 5.41) is 3.14. The van der Waals surface area contributed by atoms with Crippen LogP contribution in [0.3, 0.4) is 0 Å². The fraction of sp³-hybridized carbons (Fsp3) is 0.409. The fourth-order valence-corrected chi connectivity index (χ4v) is 3.77. The first kappa shape index (κ1) is 19.7. The van der Waals surface area contributed by atoms with Gasteiger partial charge in [0.05, 0.1) is 6.04 Å². The molecule has 0 fully saturated rings. The van der Waals surface area contributed by atoms with Crippen LogP contribution in [0.4, 0.5) is 0 Å². The molecule has 5 heteroatoms. The predicted octanol–water partition coefficient (Wildman–Crippen LogP) is 5.34. The number of halogens is 1. The maximum Gasteiger partial charge on any atom is 0.258 e. The van der Waals surface area contributed by atoms with Crippen molar-refractivity contribution in [2.45, 2.75) is 51.7 Å². The monoisotopic (exact) mass is 431 g/mol. The Labute approximate surface area is 169 Å². The molecule has 1 aliphatic rings. The summed E-state index contributed by atoms with van der Waals surface area (Å²) < 4.78 is 13.0. The summed E-state index contributed by atoms with van der Waals surface area (Å²) in [6.07, 6.45) is 2.57. The molecule has 1 heterocycles. The zero-order chi connectivity index (χ0) is 19.4. The van der Waals surface area contributed by atoms with E-state index in [2.05, 4.69) is 35.1 Å². The maximum atomic E-state index is 12.5. The van der Waals surface area contributed by atoms with Crippen LogP contribution in [-0.2, 0) is 4.79 Å². The summed E-state index contributed by atoms with van der Waals surface area (Å²) in [4.78, 5) is 12.5. The molecule has 27 heavy (non-hydrogen) atoms. The number of hydrogen-bond acceptors (Lipinski definition) is 3. The summed E-state index contributed by atoms with van der Waals surface area (Å²) in [6.45, 7) is 6.25. The lowest BCUT2D eigenvalue weighted by Crippen LogP contribution is -2.45. The molecule has 0 aromatic heterocycles. The number of fused-ring (bicyclic) bond motifs is 1. The van der Waals surface area contributed by atoms with Crippen LogP contribution in [0.25, 0.3) is 0 Å². The van der Waals surface area contributed by atoms with Crippen molar-refractivity contribution in [3.63, 3.8) is 0 Å². The molecule has 2 aromatic rings. The Hall–Kier alpha value is -2.01. The molecule has 0 bridgehead atoms. The van der Waals surface area contributed by atoms with Gasteiger partial charge in [-0.2, -0.15) is 0 Å². The lowest BCUT2D eigenvalue weighted by atomic mass is 9.83. The van der Waals surface area contributed by atoms with Crippen molar-refractivity contribution < 1.29 is 14.3 Å². The molecule has 1 amide bonds. The van der Waals surface area contributed by atoms with Gasteiger partial charge in [-0.1, -0.05) is 48.0 Å². The van der Waals surface area contributed by atoms with E-state index < -0.39 is 0 Å². The Morgan fingerprint density at radius 1 is 1.26 bits per heavy atom. The topological polar surface area (TPSA) is 47.6 Å². The molecule has 4 nitrogen and oxygen atoms in total. The van der Waals surface area contributed by atoms with Crippen molar-refractivity contribution in [3.05, 3.63) is 58.1 Å². The van der Waals surface area contributed by atoms with E-state index in [1.54, 1.807) is 0 Å². The molecule has 1 aliphatic heterocycles. The van der Waals surface area contributed by atoms with Gasteiger partial charge in [-0.3, -0.25) is 4.79 Å². The highest BCUT2D eigenvalue weighted by molar-refractivity contribution is 9.10. The van der Waals surface area contributed by atoms with Crippen LogP contribution >= 0.6 is 15.9 Å². The average molecular weight is 432 g/mol. The van der Waals surface area contributed by atoms with Gasteiger partial charge in [-0.15, -0.1) is 0 Å². The summed E-state index contributed by atoms with van der Waals surface area (Å²) in [5.41, 5.74) is 1.86. The SMILES string of the molecule is CCC1(CC)CC(NC(=O)COc2ccc(Br)c(C)c2)c2ccccc2O1. The number of para-hydroxylation sites is 1. The molecule has 144 valence electrons. The molecule has 0 saturated carbocycles. The summed E-state index contributed by atoms with van der Waals surface area (Å²) in [6, 6.07) is 13.6. The molecule has 0 spiro atoms. The van der Waals surface area contributed by atoms with E-state index in [-0.39, 0.29) is 24.2 Å². The van der Waals surface area contributed by atoms with Gasteiger partial charge in [0.15, 0.2) is 6.61 Å². The number of rotatable bonds is 6. The minimum Gasteiger partial charge on any atom is -0.487 e. The predicted molar refractivity (Wildman–Crippen MR) is 110 cm³/mol. The van der Waals surface area contributed by atoms with E-state index in [0.29, 0.717) is 5.75 Å². The van der Waals surface area contributed by atoms with E-state index in [9.17, 15) is 4.79 Å². The number of carbonyl (C=O) groups excluding carboxylic acids is 1.